The van der Waals surface area contributed by atoms with Gasteiger partial charge >= 0.3 is 0 Å². The second kappa shape index (κ2) is 9.32. The first-order valence-electron chi connectivity index (χ1n) is 8.02. The van der Waals surface area contributed by atoms with Gasteiger partial charge in [-0.3, -0.25) is 4.79 Å². The zero-order valence-corrected chi connectivity index (χ0v) is 13.3. The largest absolute Gasteiger partial charge is 0.364 e. The van der Waals surface area contributed by atoms with E-state index in [0.29, 0.717) is 6.54 Å². The van der Waals surface area contributed by atoms with E-state index >= 15 is 0 Å². The Morgan fingerprint density at radius 1 is 1.15 bits per heavy atom. The molecule has 0 radical (unpaired) electrons. The van der Waals surface area contributed by atoms with Crippen molar-refractivity contribution in [1.82, 2.24) is 9.80 Å². The van der Waals surface area contributed by atoms with E-state index in [9.17, 15) is 4.79 Å². The van der Waals surface area contributed by atoms with Crippen LogP contribution in [0.4, 0.5) is 0 Å². The Labute approximate surface area is 123 Å². The number of carbonyl (C=O) groups excluding carboxylic acids is 1. The molecular formula is C15H31N3O2. The monoisotopic (exact) mass is 285 g/mol. The van der Waals surface area contributed by atoms with Gasteiger partial charge in [-0.15, -0.1) is 0 Å². The highest BCUT2D eigenvalue weighted by Gasteiger charge is 2.32. The van der Waals surface area contributed by atoms with Gasteiger partial charge in [0.05, 0.1) is 6.10 Å². The molecule has 1 aliphatic heterocycles. The number of amides is 1. The lowest BCUT2D eigenvalue weighted by atomic mass is 10.1. The number of likely N-dealkylation sites (N-methyl/N-ethyl adjacent to an activating group) is 1. The van der Waals surface area contributed by atoms with E-state index in [-0.39, 0.29) is 18.1 Å². The van der Waals surface area contributed by atoms with Gasteiger partial charge < -0.3 is 20.3 Å². The predicted molar refractivity (Wildman–Crippen MR) is 81.6 cm³/mol. The SMILES string of the molecule is CCN(CC)CCCN(CC)C(=O)C1CCC(CN)O1. The minimum atomic E-state index is -0.267. The number of hydrogen-bond acceptors (Lipinski definition) is 4. The van der Waals surface area contributed by atoms with Gasteiger partial charge in [0, 0.05) is 19.6 Å². The molecule has 2 unspecified atom stereocenters. The molecular weight excluding hydrogens is 254 g/mol. The summed E-state index contributed by atoms with van der Waals surface area (Å²) in [5.41, 5.74) is 5.59. The van der Waals surface area contributed by atoms with Crippen molar-refractivity contribution in [1.29, 1.82) is 0 Å². The maximum Gasteiger partial charge on any atom is 0.251 e. The lowest BCUT2D eigenvalue weighted by molar-refractivity contribution is -0.142. The highest BCUT2D eigenvalue weighted by molar-refractivity contribution is 5.81. The molecule has 1 saturated heterocycles. The van der Waals surface area contributed by atoms with Crippen LogP contribution in [-0.2, 0) is 9.53 Å². The number of nitrogens with zero attached hydrogens (tertiary/aromatic N) is 2. The molecule has 1 aliphatic rings. The van der Waals surface area contributed by atoms with Gasteiger partial charge in [0.15, 0.2) is 0 Å². The van der Waals surface area contributed by atoms with Crippen LogP contribution >= 0.6 is 0 Å². The molecule has 5 nitrogen and oxygen atoms in total. The van der Waals surface area contributed by atoms with E-state index in [4.69, 9.17) is 10.5 Å². The Kier molecular flexibility index (Phi) is 8.11. The Morgan fingerprint density at radius 2 is 1.85 bits per heavy atom. The summed E-state index contributed by atoms with van der Waals surface area (Å²) in [4.78, 5) is 16.7. The topological polar surface area (TPSA) is 58.8 Å². The molecule has 2 N–H and O–H groups in total. The third-order valence-electron chi connectivity index (χ3n) is 4.14. The Bertz CT molecular complexity index is 282. The molecule has 20 heavy (non-hydrogen) atoms. The van der Waals surface area contributed by atoms with Crippen molar-refractivity contribution < 1.29 is 9.53 Å². The fourth-order valence-electron chi connectivity index (χ4n) is 2.71. The second-order valence-corrected chi connectivity index (χ2v) is 5.36. The zero-order chi connectivity index (χ0) is 15.0. The van der Waals surface area contributed by atoms with Gasteiger partial charge in [-0.25, -0.2) is 0 Å². The highest BCUT2D eigenvalue weighted by Crippen LogP contribution is 2.20. The van der Waals surface area contributed by atoms with E-state index < -0.39 is 0 Å². The number of ether oxygens (including phenoxy) is 1. The van der Waals surface area contributed by atoms with Crippen LogP contribution < -0.4 is 5.73 Å². The van der Waals surface area contributed by atoms with Crippen molar-refractivity contribution in [2.75, 3.05) is 39.3 Å². The summed E-state index contributed by atoms with van der Waals surface area (Å²) in [5, 5.41) is 0. The summed E-state index contributed by atoms with van der Waals surface area (Å²) in [6.07, 6.45) is 2.54. The van der Waals surface area contributed by atoms with Crippen LogP contribution in [0.5, 0.6) is 0 Å². The van der Waals surface area contributed by atoms with Crippen LogP contribution in [0.15, 0.2) is 0 Å². The third kappa shape index (κ3) is 5.04. The molecule has 5 heteroatoms. The smallest absolute Gasteiger partial charge is 0.251 e. The van der Waals surface area contributed by atoms with Gasteiger partial charge in [-0.2, -0.15) is 0 Å². The molecule has 0 spiro atoms. The molecule has 2 atom stereocenters. The number of carbonyl (C=O) groups is 1. The zero-order valence-electron chi connectivity index (χ0n) is 13.3. The summed E-state index contributed by atoms with van der Waals surface area (Å²) in [6, 6.07) is 0. The predicted octanol–water partition coefficient (Wildman–Crippen LogP) is 1.07. The van der Waals surface area contributed by atoms with E-state index in [1.165, 1.54) is 0 Å². The molecule has 1 fully saturated rings. The summed E-state index contributed by atoms with van der Waals surface area (Å²) in [6.45, 7) is 11.7. The van der Waals surface area contributed by atoms with Crippen molar-refractivity contribution in [3.8, 4) is 0 Å². The maximum atomic E-state index is 12.4. The first-order valence-corrected chi connectivity index (χ1v) is 8.02. The molecule has 1 amide bonds. The van der Waals surface area contributed by atoms with Crippen molar-refractivity contribution in [2.45, 2.75) is 52.2 Å². The van der Waals surface area contributed by atoms with Crippen LogP contribution in [0.2, 0.25) is 0 Å². The van der Waals surface area contributed by atoms with Gasteiger partial charge in [0.2, 0.25) is 0 Å². The normalized spacial score (nSPS) is 22.4. The number of nitrogens with two attached hydrogens (primary N) is 1. The Hall–Kier alpha value is -0.650. The van der Waals surface area contributed by atoms with E-state index in [1.807, 2.05) is 11.8 Å². The highest BCUT2D eigenvalue weighted by atomic mass is 16.5. The maximum absolute atomic E-state index is 12.4. The molecule has 0 saturated carbocycles. The summed E-state index contributed by atoms with van der Waals surface area (Å²) < 4.78 is 5.70. The van der Waals surface area contributed by atoms with Crippen molar-refractivity contribution >= 4 is 5.91 Å². The second-order valence-electron chi connectivity index (χ2n) is 5.36. The molecule has 0 aromatic carbocycles. The van der Waals surface area contributed by atoms with E-state index in [2.05, 4.69) is 18.7 Å². The van der Waals surface area contributed by atoms with Crippen LogP contribution in [-0.4, -0.2) is 67.2 Å². The minimum absolute atomic E-state index is 0.0679. The molecule has 0 bridgehead atoms. The first kappa shape index (κ1) is 17.4. The van der Waals surface area contributed by atoms with Crippen LogP contribution in [0, 0.1) is 0 Å². The van der Waals surface area contributed by atoms with Gasteiger partial charge in [0.25, 0.3) is 5.91 Å². The third-order valence-corrected chi connectivity index (χ3v) is 4.14. The van der Waals surface area contributed by atoms with Gasteiger partial charge in [-0.1, -0.05) is 13.8 Å². The summed E-state index contributed by atoms with van der Waals surface area (Å²) in [5.74, 6) is 0.142. The Balaban J connectivity index is 2.36. The standard InChI is InChI=1S/C15H31N3O2/c1-4-17(5-2)10-7-11-18(6-3)15(19)14-9-8-13(12-16)20-14/h13-14H,4-12,16H2,1-3H3. The fraction of sp³-hybridized carbons (Fsp3) is 0.933. The number of rotatable bonds is 9. The average molecular weight is 285 g/mol. The summed E-state index contributed by atoms with van der Waals surface area (Å²) >= 11 is 0. The molecule has 0 aromatic rings. The lowest BCUT2D eigenvalue weighted by Gasteiger charge is -2.26. The van der Waals surface area contributed by atoms with Gasteiger partial charge in [0.1, 0.15) is 6.10 Å². The molecule has 1 heterocycles. The van der Waals surface area contributed by atoms with Crippen LogP contribution in [0.3, 0.4) is 0 Å². The molecule has 118 valence electrons. The Morgan fingerprint density at radius 3 is 2.35 bits per heavy atom. The number of hydrogen-bond donors (Lipinski definition) is 1. The molecule has 0 aromatic heterocycles. The molecule has 1 rings (SSSR count). The van der Waals surface area contributed by atoms with E-state index in [1.54, 1.807) is 0 Å². The van der Waals surface area contributed by atoms with Crippen molar-refractivity contribution in [3.05, 3.63) is 0 Å². The molecule has 0 aliphatic carbocycles. The minimum Gasteiger partial charge on any atom is -0.364 e. The van der Waals surface area contributed by atoms with Crippen LogP contribution in [0.1, 0.15) is 40.0 Å². The lowest BCUT2D eigenvalue weighted by Crippen LogP contribution is -2.41. The van der Waals surface area contributed by atoms with E-state index in [0.717, 1.165) is 52.0 Å². The fourth-order valence-corrected chi connectivity index (χ4v) is 2.71. The van der Waals surface area contributed by atoms with Crippen LogP contribution in [0.25, 0.3) is 0 Å². The summed E-state index contributed by atoms with van der Waals surface area (Å²) in [7, 11) is 0. The first-order chi connectivity index (χ1) is 9.65. The van der Waals surface area contributed by atoms with Crippen molar-refractivity contribution in [2.24, 2.45) is 5.73 Å². The van der Waals surface area contributed by atoms with Crippen molar-refractivity contribution in [3.63, 3.8) is 0 Å². The van der Waals surface area contributed by atoms with Gasteiger partial charge in [-0.05, 0) is 45.8 Å². The quantitative estimate of drug-likeness (QED) is 0.688. The average Bonchev–Trinajstić information content (AvgIpc) is 2.96.